The number of sulfonamides is 1. The van der Waals surface area contributed by atoms with E-state index >= 15 is 0 Å². The summed E-state index contributed by atoms with van der Waals surface area (Å²) < 4.78 is 27.6. The minimum atomic E-state index is -3.67. The van der Waals surface area contributed by atoms with Gasteiger partial charge in [0.05, 0.1) is 22.6 Å². The van der Waals surface area contributed by atoms with Gasteiger partial charge < -0.3 is 0 Å². The van der Waals surface area contributed by atoms with E-state index in [9.17, 15) is 8.42 Å². The average Bonchev–Trinajstić information content (AvgIpc) is 2.70. The molecule has 0 atom stereocenters. The molecule has 96 valence electrons. The zero-order valence-corrected chi connectivity index (χ0v) is 13.0. The predicted octanol–water partition coefficient (Wildman–Crippen LogP) is 2.78. The fourth-order valence-corrected chi connectivity index (χ4v) is 3.31. The van der Waals surface area contributed by atoms with Crippen LogP contribution in [-0.2, 0) is 10.0 Å². The first kappa shape index (κ1) is 13.6. The van der Waals surface area contributed by atoms with Gasteiger partial charge >= 0.3 is 0 Å². The number of hydrogen-bond donors (Lipinski definition) is 2. The highest BCUT2D eigenvalue weighted by molar-refractivity contribution is 14.1. The summed E-state index contributed by atoms with van der Waals surface area (Å²) in [5, 5.41) is 6.62. The highest BCUT2D eigenvalue weighted by atomic mass is 127. The van der Waals surface area contributed by atoms with E-state index in [1.165, 1.54) is 6.20 Å². The molecule has 0 aliphatic heterocycles. The van der Waals surface area contributed by atoms with Crippen LogP contribution in [0.2, 0.25) is 5.02 Å². The lowest BCUT2D eigenvalue weighted by atomic mass is 10.3. The Morgan fingerprint density at radius 1 is 1.44 bits per heavy atom. The fourth-order valence-electron chi connectivity index (χ4n) is 1.39. The smallest absolute Gasteiger partial charge is 0.265 e. The standard InChI is InChI=1S/C10H9ClIN3O2S/c1-6-10(5-13-14-6)18(16,17)15-9-4-7(12)2-3-8(9)11/h2-5,15H,1H3,(H,13,14). The van der Waals surface area contributed by atoms with Gasteiger partial charge in [0.25, 0.3) is 10.0 Å². The lowest BCUT2D eigenvalue weighted by Gasteiger charge is -2.09. The van der Waals surface area contributed by atoms with Crippen LogP contribution >= 0.6 is 34.2 Å². The minimum absolute atomic E-state index is 0.109. The van der Waals surface area contributed by atoms with Gasteiger partial charge in [0.1, 0.15) is 4.90 Å². The monoisotopic (exact) mass is 397 g/mol. The molecule has 8 heteroatoms. The van der Waals surface area contributed by atoms with Crippen LogP contribution < -0.4 is 4.72 Å². The van der Waals surface area contributed by atoms with E-state index in [2.05, 4.69) is 37.5 Å². The van der Waals surface area contributed by atoms with Crippen LogP contribution in [0.5, 0.6) is 0 Å². The number of anilines is 1. The fraction of sp³-hybridized carbons (Fsp3) is 0.100. The number of benzene rings is 1. The van der Waals surface area contributed by atoms with Gasteiger partial charge in [0, 0.05) is 3.57 Å². The van der Waals surface area contributed by atoms with Crippen molar-refractivity contribution < 1.29 is 8.42 Å². The maximum absolute atomic E-state index is 12.1. The summed E-state index contributed by atoms with van der Waals surface area (Å²) in [4.78, 5) is 0.109. The second-order valence-corrected chi connectivity index (χ2v) is 6.89. The number of nitrogens with one attached hydrogen (secondary N) is 2. The first-order valence-electron chi connectivity index (χ1n) is 4.88. The molecule has 18 heavy (non-hydrogen) atoms. The van der Waals surface area contributed by atoms with Crippen molar-refractivity contribution in [3.05, 3.63) is 38.7 Å². The second kappa shape index (κ2) is 5.06. The van der Waals surface area contributed by atoms with E-state index in [0.29, 0.717) is 16.4 Å². The Morgan fingerprint density at radius 3 is 2.78 bits per heavy atom. The van der Waals surface area contributed by atoms with Gasteiger partial charge in [0.2, 0.25) is 0 Å². The van der Waals surface area contributed by atoms with E-state index in [1.54, 1.807) is 25.1 Å². The van der Waals surface area contributed by atoms with Crippen molar-refractivity contribution in [1.29, 1.82) is 0 Å². The maximum atomic E-state index is 12.1. The van der Waals surface area contributed by atoms with Gasteiger partial charge in [0.15, 0.2) is 0 Å². The number of hydrogen-bond acceptors (Lipinski definition) is 3. The van der Waals surface area contributed by atoms with Crippen molar-refractivity contribution in [1.82, 2.24) is 10.2 Å². The number of aryl methyl sites for hydroxylation is 1. The zero-order valence-electron chi connectivity index (χ0n) is 9.24. The third-order valence-corrected chi connectivity index (χ3v) is 4.73. The Bertz CT molecular complexity index is 684. The molecular formula is C10H9ClIN3O2S. The third kappa shape index (κ3) is 2.78. The SMILES string of the molecule is Cc1[nH]ncc1S(=O)(=O)Nc1cc(I)ccc1Cl. The highest BCUT2D eigenvalue weighted by Gasteiger charge is 2.19. The first-order valence-corrected chi connectivity index (χ1v) is 7.82. The Morgan fingerprint density at radius 2 is 2.17 bits per heavy atom. The Balaban J connectivity index is 2.40. The van der Waals surface area contributed by atoms with Crippen LogP contribution in [0.25, 0.3) is 0 Å². The molecule has 0 unspecified atom stereocenters. The molecule has 0 amide bonds. The normalized spacial score (nSPS) is 11.5. The van der Waals surface area contributed by atoms with E-state index in [4.69, 9.17) is 11.6 Å². The summed E-state index contributed by atoms with van der Waals surface area (Å²) in [7, 11) is -3.67. The zero-order chi connectivity index (χ0) is 13.3. The van der Waals surface area contributed by atoms with Gasteiger partial charge in [-0.15, -0.1) is 0 Å². The summed E-state index contributed by atoms with van der Waals surface area (Å²) in [6.45, 7) is 1.64. The van der Waals surface area contributed by atoms with Crippen molar-refractivity contribution in [2.75, 3.05) is 4.72 Å². The van der Waals surface area contributed by atoms with Crippen LogP contribution in [0.4, 0.5) is 5.69 Å². The van der Waals surface area contributed by atoms with Crippen molar-refractivity contribution in [2.45, 2.75) is 11.8 Å². The van der Waals surface area contributed by atoms with E-state index < -0.39 is 10.0 Å². The molecule has 1 aromatic carbocycles. The second-order valence-electron chi connectivity index (χ2n) is 3.59. The van der Waals surface area contributed by atoms with Gasteiger partial charge in [-0.3, -0.25) is 9.82 Å². The molecule has 0 saturated heterocycles. The molecule has 0 spiro atoms. The number of nitrogens with zero attached hydrogens (tertiary/aromatic N) is 1. The number of aromatic amines is 1. The Kier molecular flexibility index (Phi) is 3.83. The van der Waals surface area contributed by atoms with Gasteiger partial charge in [-0.2, -0.15) is 5.10 Å². The van der Waals surface area contributed by atoms with Crippen LogP contribution in [0.1, 0.15) is 5.69 Å². The highest BCUT2D eigenvalue weighted by Crippen LogP contribution is 2.26. The molecule has 0 fully saturated rings. The van der Waals surface area contributed by atoms with Crippen LogP contribution in [0.15, 0.2) is 29.3 Å². The molecule has 1 aromatic heterocycles. The Hall–Kier alpha value is -0.800. The Labute approximate surface area is 123 Å². The molecule has 2 rings (SSSR count). The largest absolute Gasteiger partial charge is 0.281 e. The molecule has 2 aromatic rings. The summed E-state index contributed by atoms with van der Waals surface area (Å²) in [5.74, 6) is 0. The molecule has 0 radical (unpaired) electrons. The van der Waals surface area contributed by atoms with Crippen LogP contribution in [0, 0.1) is 10.5 Å². The lowest BCUT2D eigenvalue weighted by Crippen LogP contribution is -2.13. The topological polar surface area (TPSA) is 74.8 Å². The van der Waals surface area contributed by atoms with Crippen molar-refractivity contribution in [3.63, 3.8) is 0 Å². The molecule has 5 nitrogen and oxygen atoms in total. The maximum Gasteiger partial charge on any atom is 0.265 e. The van der Waals surface area contributed by atoms with E-state index in [1.807, 2.05) is 0 Å². The lowest BCUT2D eigenvalue weighted by molar-refractivity contribution is 0.600. The first-order chi connectivity index (χ1) is 8.40. The van der Waals surface area contributed by atoms with Crippen LogP contribution in [0.3, 0.4) is 0 Å². The molecule has 0 aliphatic carbocycles. The van der Waals surface area contributed by atoms with Crippen LogP contribution in [-0.4, -0.2) is 18.6 Å². The number of aromatic nitrogens is 2. The third-order valence-electron chi connectivity index (χ3n) is 2.25. The predicted molar refractivity (Wildman–Crippen MR) is 78.3 cm³/mol. The van der Waals surface area contributed by atoms with Gasteiger partial charge in [-0.1, -0.05) is 11.6 Å². The molecule has 0 aliphatic rings. The van der Waals surface area contributed by atoms with Crippen molar-refractivity contribution in [3.8, 4) is 0 Å². The van der Waals surface area contributed by atoms with Gasteiger partial charge in [-0.25, -0.2) is 8.42 Å². The quantitative estimate of drug-likeness (QED) is 0.782. The summed E-state index contributed by atoms with van der Waals surface area (Å²) >= 11 is 8.03. The number of rotatable bonds is 3. The number of halogens is 2. The van der Waals surface area contributed by atoms with Crippen molar-refractivity contribution in [2.24, 2.45) is 0 Å². The van der Waals surface area contributed by atoms with Gasteiger partial charge in [-0.05, 0) is 47.7 Å². The molecule has 2 N–H and O–H groups in total. The molecular weight excluding hydrogens is 389 g/mol. The minimum Gasteiger partial charge on any atom is -0.281 e. The van der Waals surface area contributed by atoms with Crippen molar-refractivity contribution >= 4 is 49.9 Å². The molecule has 0 bridgehead atoms. The molecule has 1 heterocycles. The number of H-pyrrole nitrogens is 1. The summed E-state index contributed by atoms with van der Waals surface area (Å²) in [6.07, 6.45) is 1.26. The van der Waals surface area contributed by atoms with E-state index in [0.717, 1.165) is 3.57 Å². The van der Waals surface area contributed by atoms with E-state index in [-0.39, 0.29) is 4.90 Å². The average molecular weight is 398 g/mol. The summed E-state index contributed by atoms with van der Waals surface area (Å²) in [5.41, 5.74) is 0.827. The molecule has 0 saturated carbocycles. The summed E-state index contributed by atoms with van der Waals surface area (Å²) in [6, 6.07) is 5.10.